The highest BCUT2D eigenvalue weighted by molar-refractivity contribution is 7.80. The number of ether oxygens (including phenoxy) is 1. The summed E-state index contributed by atoms with van der Waals surface area (Å²) in [6, 6.07) is 17.1. The number of hydrogen-bond acceptors (Lipinski definition) is 3. The zero-order chi connectivity index (χ0) is 18.1. The maximum Gasteiger partial charge on any atom is 0.226 e. The molecule has 0 aliphatic heterocycles. The smallest absolute Gasteiger partial charge is 0.226 e. The molecule has 2 aromatic carbocycles. The average molecular weight is 377 g/mol. The summed E-state index contributed by atoms with van der Waals surface area (Å²) in [7, 11) is 0. The number of benzene rings is 2. The number of halogens is 1. The SMILES string of the molecule is CC(NC(=S)NC(=O)CCCOc1ccc(Cl)cc1)c1ccccc1. The van der Waals surface area contributed by atoms with E-state index in [1.165, 1.54) is 0 Å². The minimum atomic E-state index is -0.127. The molecule has 4 nitrogen and oxygen atoms in total. The third-order valence-corrected chi connectivity index (χ3v) is 4.00. The Labute approximate surface area is 158 Å². The van der Waals surface area contributed by atoms with Gasteiger partial charge < -0.3 is 15.4 Å². The van der Waals surface area contributed by atoms with Crippen LogP contribution < -0.4 is 15.4 Å². The van der Waals surface area contributed by atoms with Crippen LogP contribution >= 0.6 is 23.8 Å². The second kappa shape index (κ2) is 10.0. The van der Waals surface area contributed by atoms with Crippen LogP contribution in [0.1, 0.15) is 31.4 Å². The molecule has 132 valence electrons. The first-order valence-electron chi connectivity index (χ1n) is 8.08. The number of rotatable bonds is 7. The Balaban J connectivity index is 1.64. The highest BCUT2D eigenvalue weighted by Crippen LogP contribution is 2.15. The maximum absolute atomic E-state index is 11.9. The Kier molecular flexibility index (Phi) is 7.70. The van der Waals surface area contributed by atoms with Crippen LogP contribution in [0, 0.1) is 0 Å². The summed E-state index contributed by atoms with van der Waals surface area (Å²) in [5.74, 6) is 0.608. The Hall–Kier alpha value is -2.11. The topological polar surface area (TPSA) is 50.4 Å². The molecule has 0 aromatic heterocycles. The van der Waals surface area contributed by atoms with E-state index in [0.29, 0.717) is 29.6 Å². The summed E-state index contributed by atoms with van der Waals surface area (Å²) in [5.41, 5.74) is 1.11. The van der Waals surface area contributed by atoms with Gasteiger partial charge in [0.1, 0.15) is 5.75 Å². The molecule has 2 N–H and O–H groups in total. The van der Waals surface area contributed by atoms with Crippen LogP contribution in [0.4, 0.5) is 0 Å². The van der Waals surface area contributed by atoms with Crippen LogP contribution in [-0.2, 0) is 4.79 Å². The van der Waals surface area contributed by atoms with E-state index in [9.17, 15) is 4.79 Å². The fourth-order valence-corrected chi connectivity index (χ4v) is 2.62. The molecule has 2 rings (SSSR count). The second-order valence-electron chi connectivity index (χ2n) is 5.56. The molecule has 2 aromatic rings. The van der Waals surface area contributed by atoms with Gasteiger partial charge in [0.25, 0.3) is 0 Å². The van der Waals surface area contributed by atoms with Gasteiger partial charge in [-0.2, -0.15) is 0 Å². The van der Waals surface area contributed by atoms with E-state index in [1.807, 2.05) is 37.3 Å². The zero-order valence-electron chi connectivity index (χ0n) is 14.0. The van der Waals surface area contributed by atoms with Gasteiger partial charge in [0.05, 0.1) is 12.6 Å². The fraction of sp³-hybridized carbons (Fsp3) is 0.263. The van der Waals surface area contributed by atoms with E-state index in [-0.39, 0.29) is 11.9 Å². The molecule has 0 radical (unpaired) electrons. The van der Waals surface area contributed by atoms with E-state index in [1.54, 1.807) is 24.3 Å². The summed E-state index contributed by atoms with van der Waals surface area (Å²) >= 11 is 11.0. The van der Waals surface area contributed by atoms with Crippen LogP contribution in [0.25, 0.3) is 0 Å². The lowest BCUT2D eigenvalue weighted by Gasteiger charge is -2.16. The van der Waals surface area contributed by atoms with Crippen molar-refractivity contribution in [1.29, 1.82) is 0 Å². The van der Waals surface area contributed by atoms with Crippen molar-refractivity contribution in [3.63, 3.8) is 0 Å². The van der Waals surface area contributed by atoms with Crippen molar-refractivity contribution in [2.24, 2.45) is 0 Å². The molecule has 0 aliphatic rings. The first-order chi connectivity index (χ1) is 12.0. The summed E-state index contributed by atoms with van der Waals surface area (Å²) in [6.07, 6.45) is 0.945. The zero-order valence-corrected chi connectivity index (χ0v) is 15.6. The van der Waals surface area contributed by atoms with Crippen molar-refractivity contribution >= 4 is 34.8 Å². The van der Waals surface area contributed by atoms with Gasteiger partial charge in [-0.1, -0.05) is 41.9 Å². The Morgan fingerprint density at radius 2 is 1.84 bits per heavy atom. The molecule has 6 heteroatoms. The minimum absolute atomic E-state index is 0.0299. The standard InChI is InChI=1S/C19H21ClN2O2S/c1-14(15-6-3-2-4-7-15)21-19(25)22-18(23)8-5-13-24-17-11-9-16(20)10-12-17/h2-4,6-7,9-12,14H,5,8,13H2,1H3,(H2,21,22,23,25). The Bertz CT molecular complexity index is 692. The first kappa shape index (κ1) is 19.2. The summed E-state index contributed by atoms with van der Waals surface area (Å²) in [4.78, 5) is 11.9. The number of thiocarbonyl (C=S) groups is 1. The predicted octanol–water partition coefficient (Wildman–Crippen LogP) is 4.25. The Morgan fingerprint density at radius 3 is 2.52 bits per heavy atom. The molecule has 0 saturated heterocycles. The fourth-order valence-electron chi connectivity index (χ4n) is 2.20. The molecule has 1 unspecified atom stereocenters. The lowest BCUT2D eigenvalue weighted by atomic mass is 10.1. The summed E-state index contributed by atoms with van der Waals surface area (Å²) in [6.45, 7) is 2.45. The molecular weight excluding hydrogens is 356 g/mol. The van der Waals surface area contributed by atoms with Crippen LogP contribution in [0.15, 0.2) is 54.6 Å². The highest BCUT2D eigenvalue weighted by atomic mass is 35.5. The van der Waals surface area contributed by atoms with Crippen molar-refractivity contribution in [2.75, 3.05) is 6.61 Å². The number of hydrogen-bond donors (Lipinski definition) is 2. The predicted molar refractivity (Wildman–Crippen MR) is 105 cm³/mol. The van der Waals surface area contributed by atoms with E-state index in [2.05, 4.69) is 10.6 Å². The van der Waals surface area contributed by atoms with Crippen molar-refractivity contribution in [3.8, 4) is 5.75 Å². The number of nitrogens with one attached hydrogen (secondary N) is 2. The number of amides is 1. The lowest BCUT2D eigenvalue weighted by Crippen LogP contribution is -2.40. The molecule has 0 saturated carbocycles. The molecule has 0 heterocycles. The van der Waals surface area contributed by atoms with E-state index < -0.39 is 0 Å². The van der Waals surface area contributed by atoms with Crippen molar-refractivity contribution in [1.82, 2.24) is 10.6 Å². The van der Waals surface area contributed by atoms with Crippen LogP contribution in [0.2, 0.25) is 5.02 Å². The van der Waals surface area contributed by atoms with Gasteiger partial charge in [-0.05, 0) is 55.4 Å². The maximum atomic E-state index is 11.9. The molecule has 1 atom stereocenters. The molecule has 0 bridgehead atoms. The third kappa shape index (κ3) is 7.11. The lowest BCUT2D eigenvalue weighted by molar-refractivity contribution is -0.119. The number of carbonyl (C=O) groups is 1. The average Bonchev–Trinajstić information content (AvgIpc) is 2.61. The monoisotopic (exact) mass is 376 g/mol. The molecular formula is C19H21ClN2O2S. The van der Waals surface area contributed by atoms with Gasteiger partial charge in [-0.3, -0.25) is 4.79 Å². The van der Waals surface area contributed by atoms with Crippen molar-refractivity contribution < 1.29 is 9.53 Å². The van der Waals surface area contributed by atoms with Gasteiger partial charge in [0, 0.05) is 11.4 Å². The highest BCUT2D eigenvalue weighted by Gasteiger charge is 2.09. The van der Waals surface area contributed by atoms with E-state index >= 15 is 0 Å². The minimum Gasteiger partial charge on any atom is -0.494 e. The summed E-state index contributed by atoms with van der Waals surface area (Å²) < 4.78 is 5.55. The summed E-state index contributed by atoms with van der Waals surface area (Å²) in [5, 5.41) is 6.80. The molecule has 25 heavy (non-hydrogen) atoms. The molecule has 0 aliphatic carbocycles. The van der Waals surface area contributed by atoms with Crippen LogP contribution in [0.3, 0.4) is 0 Å². The molecule has 1 amide bonds. The van der Waals surface area contributed by atoms with Gasteiger partial charge in [-0.25, -0.2) is 0 Å². The largest absolute Gasteiger partial charge is 0.494 e. The van der Waals surface area contributed by atoms with Crippen molar-refractivity contribution in [2.45, 2.75) is 25.8 Å². The third-order valence-electron chi connectivity index (χ3n) is 3.53. The van der Waals surface area contributed by atoms with Gasteiger partial charge in [0.15, 0.2) is 5.11 Å². The number of carbonyl (C=O) groups excluding carboxylic acids is 1. The quantitative estimate of drug-likeness (QED) is 0.560. The van der Waals surface area contributed by atoms with E-state index in [0.717, 1.165) is 11.3 Å². The molecule has 0 fully saturated rings. The van der Waals surface area contributed by atoms with Gasteiger partial charge >= 0.3 is 0 Å². The normalized spacial score (nSPS) is 11.4. The van der Waals surface area contributed by atoms with Crippen molar-refractivity contribution in [3.05, 3.63) is 65.2 Å². The van der Waals surface area contributed by atoms with Gasteiger partial charge in [0.2, 0.25) is 5.91 Å². The molecule has 0 spiro atoms. The Morgan fingerprint density at radius 1 is 1.16 bits per heavy atom. The van der Waals surface area contributed by atoms with Gasteiger partial charge in [-0.15, -0.1) is 0 Å². The first-order valence-corrected chi connectivity index (χ1v) is 8.87. The van der Waals surface area contributed by atoms with Crippen LogP contribution in [-0.4, -0.2) is 17.6 Å². The van der Waals surface area contributed by atoms with E-state index in [4.69, 9.17) is 28.6 Å². The second-order valence-corrected chi connectivity index (χ2v) is 6.40. The van der Waals surface area contributed by atoms with Crippen LogP contribution in [0.5, 0.6) is 5.75 Å².